The van der Waals surface area contributed by atoms with E-state index in [4.69, 9.17) is 10.5 Å². The predicted octanol–water partition coefficient (Wildman–Crippen LogP) is 3.48. The van der Waals surface area contributed by atoms with Crippen LogP contribution in [-0.2, 0) is 6.42 Å². The summed E-state index contributed by atoms with van der Waals surface area (Å²) >= 11 is 0. The Hall–Kier alpha value is -0.980. The molecule has 3 N–H and O–H groups in total. The van der Waals surface area contributed by atoms with Crippen LogP contribution in [0.4, 0.5) is 0 Å². The molecule has 4 nitrogen and oxygen atoms in total. The van der Waals surface area contributed by atoms with E-state index >= 15 is 0 Å². The molecule has 22 heavy (non-hydrogen) atoms. The van der Waals surface area contributed by atoms with Gasteiger partial charge >= 0.3 is 0 Å². The minimum atomic E-state index is 0. The summed E-state index contributed by atoms with van der Waals surface area (Å²) in [5.74, 6) is 1.50. The smallest absolute Gasteiger partial charge is 0.188 e. The molecule has 0 radical (unpaired) electrons. The largest absolute Gasteiger partial charge is 0.496 e. The van der Waals surface area contributed by atoms with Crippen molar-refractivity contribution in [3.8, 4) is 5.75 Å². The van der Waals surface area contributed by atoms with E-state index in [0.717, 1.165) is 12.2 Å². The number of nitrogens with two attached hydrogens (primary N) is 1. The number of rotatable bonds is 5. The van der Waals surface area contributed by atoms with Crippen LogP contribution in [-0.4, -0.2) is 25.7 Å². The van der Waals surface area contributed by atoms with Crippen LogP contribution in [0.15, 0.2) is 29.3 Å². The van der Waals surface area contributed by atoms with Gasteiger partial charge in [0.2, 0.25) is 0 Å². The summed E-state index contributed by atoms with van der Waals surface area (Å²) in [6.07, 6.45) is 8.56. The maximum Gasteiger partial charge on any atom is 0.188 e. The van der Waals surface area contributed by atoms with Gasteiger partial charge in [-0.3, -0.25) is 4.99 Å². The molecule has 0 aromatic heterocycles. The van der Waals surface area contributed by atoms with Crippen LogP contribution in [0.2, 0.25) is 0 Å². The van der Waals surface area contributed by atoms with Crippen molar-refractivity contribution in [3.05, 3.63) is 29.8 Å². The molecular formula is C17H28IN3O. The van der Waals surface area contributed by atoms with E-state index in [0.29, 0.717) is 18.5 Å². The summed E-state index contributed by atoms with van der Waals surface area (Å²) in [5, 5.41) is 3.37. The van der Waals surface area contributed by atoms with Gasteiger partial charge in [0.1, 0.15) is 5.75 Å². The Morgan fingerprint density at radius 1 is 1.23 bits per heavy atom. The van der Waals surface area contributed by atoms with Gasteiger partial charge in [-0.1, -0.05) is 43.9 Å². The molecule has 0 unspecified atom stereocenters. The second-order valence-corrected chi connectivity index (χ2v) is 5.66. The number of nitrogens with one attached hydrogen (secondary N) is 1. The normalized spacial score (nSPS) is 16.5. The molecule has 5 heteroatoms. The van der Waals surface area contributed by atoms with Gasteiger partial charge in [0.05, 0.1) is 7.11 Å². The van der Waals surface area contributed by atoms with Crippen molar-refractivity contribution in [1.82, 2.24) is 5.32 Å². The molecule has 1 saturated carbocycles. The fraction of sp³-hybridized carbons (Fsp3) is 0.588. The quantitative estimate of drug-likeness (QED) is 0.334. The molecular weight excluding hydrogens is 389 g/mol. The first kappa shape index (κ1) is 19.1. The molecule has 0 heterocycles. The first-order chi connectivity index (χ1) is 10.3. The maximum absolute atomic E-state index is 6.00. The zero-order chi connectivity index (χ0) is 14.9. The molecule has 1 aromatic rings. The van der Waals surface area contributed by atoms with Gasteiger partial charge in [-0.15, -0.1) is 24.0 Å². The Bertz CT molecular complexity index is 457. The van der Waals surface area contributed by atoms with Gasteiger partial charge in [0, 0.05) is 12.6 Å². The Morgan fingerprint density at radius 2 is 1.91 bits per heavy atom. The number of hydrogen-bond donors (Lipinski definition) is 2. The van der Waals surface area contributed by atoms with Gasteiger partial charge in [-0.25, -0.2) is 0 Å². The van der Waals surface area contributed by atoms with Gasteiger partial charge in [-0.2, -0.15) is 0 Å². The second-order valence-electron chi connectivity index (χ2n) is 5.66. The third-order valence-corrected chi connectivity index (χ3v) is 4.06. The number of halogens is 1. The molecule has 124 valence electrons. The molecule has 0 atom stereocenters. The van der Waals surface area contributed by atoms with E-state index in [2.05, 4.69) is 16.4 Å². The third kappa shape index (κ3) is 6.42. The molecule has 1 fully saturated rings. The average molecular weight is 417 g/mol. The molecule has 1 aromatic carbocycles. The van der Waals surface area contributed by atoms with Gasteiger partial charge in [0.15, 0.2) is 5.96 Å². The van der Waals surface area contributed by atoms with Gasteiger partial charge in [-0.05, 0) is 30.9 Å². The Balaban J connectivity index is 0.00000242. The summed E-state index contributed by atoms with van der Waals surface area (Å²) in [6, 6.07) is 8.56. The average Bonchev–Trinajstić information content (AvgIpc) is 2.76. The van der Waals surface area contributed by atoms with Crippen LogP contribution in [0.1, 0.15) is 44.1 Å². The van der Waals surface area contributed by atoms with Crippen molar-refractivity contribution in [2.24, 2.45) is 10.7 Å². The molecule has 1 aliphatic carbocycles. The van der Waals surface area contributed by atoms with Crippen molar-refractivity contribution in [2.75, 3.05) is 13.7 Å². The number of ether oxygens (including phenoxy) is 1. The number of guanidine groups is 1. The summed E-state index contributed by atoms with van der Waals surface area (Å²) in [4.78, 5) is 4.45. The van der Waals surface area contributed by atoms with Crippen molar-refractivity contribution in [3.63, 3.8) is 0 Å². The van der Waals surface area contributed by atoms with Gasteiger partial charge in [0.25, 0.3) is 0 Å². The monoisotopic (exact) mass is 417 g/mol. The van der Waals surface area contributed by atoms with E-state index in [-0.39, 0.29) is 24.0 Å². The molecule has 0 saturated heterocycles. The Labute approximate surface area is 150 Å². The lowest BCUT2D eigenvalue weighted by Gasteiger charge is -2.16. The zero-order valence-electron chi connectivity index (χ0n) is 13.4. The number of benzene rings is 1. The Morgan fingerprint density at radius 3 is 2.59 bits per heavy atom. The lowest BCUT2D eigenvalue weighted by Crippen LogP contribution is -2.40. The highest BCUT2D eigenvalue weighted by Crippen LogP contribution is 2.18. The van der Waals surface area contributed by atoms with E-state index < -0.39 is 0 Å². The highest BCUT2D eigenvalue weighted by atomic mass is 127. The minimum absolute atomic E-state index is 0. The van der Waals surface area contributed by atoms with E-state index in [1.165, 1.54) is 44.1 Å². The van der Waals surface area contributed by atoms with Crippen LogP contribution in [0.5, 0.6) is 5.75 Å². The summed E-state index contributed by atoms with van der Waals surface area (Å²) in [5.41, 5.74) is 7.17. The molecule has 0 amide bonds. The number of para-hydroxylation sites is 1. The van der Waals surface area contributed by atoms with Crippen LogP contribution in [0, 0.1) is 0 Å². The summed E-state index contributed by atoms with van der Waals surface area (Å²) in [6.45, 7) is 0.686. The highest BCUT2D eigenvalue weighted by molar-refractivity contribution is 14.0. The second kappa shape index (κ2) is 10.7. The van der Waals surface area contributed by atoms with Crippen molar-refractivity contribution >= 4 is 29.9 Å². The lowest BCUT2D eigenvalue weighted by atomic mass is 10.1. The van der Waals surface area contributed by atoms with Crippen LogP contribution >= 0.6 is 24.0 Å². The first-order valence-corrected chi connectivity index (χ1v) is 7.98. The number of nitrogens with zero attached hydrogens (tertiary/aromatic N) is 1. The number of methoxy groups -OCH3 is 1. The topological polar surface area (TPSA) is 59.6 Å². The summed E-state index contributed by atoms with van der Waals surface area (Å²) < 4.78 is 5.34. The molecule has 0 spiro atoms. The first-order valence-electron chi connectivity index (χ1n) is 7.98. The standard InChI is InChI=1S/C17H27N3O.HI/c1-21-16-11-7-6-8-14(16)12-13-19-17(18)20-15-9-4-2-3-5-10-15;/h6-8,11,15H,2-5,9-10,12-13H2,1H3,(H3,18,19,20);1H. The van der Waals surface area contributed by atoms with Gasteiger partial charge < -0.3 is 15.8 Å². The maximum atomic E-state index is 6.00. The lowest BCUT2D eigenvalue weighted by molar-refractivity contribution is 0.410. The number of aliphatic imine (C=N–C) groups is 1. The fourth-order valence-corrected chi connectivity index (χ4v) is 2.88. The van der Waals surface area contributed by atoms with E-state index in [1.807, 2.05) is 18.2 Å². The van der Waals surface area contributed by atoms with Crippen molar-refractivity contribution in [1.29, 1.82) is 0 Å². The van der Waals surface area contributed by atoms with Crippen molar-refractivity contribution in [2.45, 2.75) is 51.0 Å². The molecule has 0 aliphatic heterocycles. The minimum Gasteiger partial charge on any atom is -0.496 e. The molecule has 2 rings (SSSR count). The van der Waals surface area contributed by atoms with Crippen LogP contribution < -0.4 is 15.8 Å². The Kier molecular flexibility index (Phi) is 9.27. The fourth-order valence-electron chi connectivity index (χ4n) is 2.88. The zero-order valence-corrected chi connectivity index (χ0v) is 15.7. The summed E-state index contributed by atoms with van der Waals surface area (Å²) in [7, 11) is 1.70. The third-order valence-electron chi connectivity index (χ3n) is 4.06. The predicted molar refractivity (Wildman–Crippen MR) is 103 cm³/mol. The molecule has 1 aliphatic rings. The van der Waals surface area contributed by atoms with E-state index in [1.54, 1.807) is 7.11 Å². The van der Waals surface area contributed by atoms with Crippen LogP contribution in [0.3, 0.4) is 0 Å². The highest BCUT2D eigenvalue weighted by Gasteiger charge is 2.12. The van der Waals surface area contributed by atoms with Crippen LogP contribution in [0.25, 0.3) is 0 Å². The number of hydrogen-bond acceptors (Lipinski definition) is 2. The SMILES string of the molecule is COc1ccccc1CCN=C(N)NC1CCCCCC1.I. The van der Waals surface area contributed by atoms with E-state index in [9.17, 15) is 0 Å². The molecule has 0 bridgehead atoms. The van der Waals surface area contributed by atoms with Crippen molar-refractivity contribution < 1.29 is 4.74 Å².